The van der Waals surface area contributed by atoms with Crippen molar-refractivity contribution in [3.8, 4) is 5.75 Å². The number of benzene rings is 3. The van der Waals surface area contributed by atoms with Crippen LogP contribution in [-0.2, 0) is 4.79 Å². The molecule has 5 nitrogen and oxygen atoms in total. The summed E-state index contributed by atoms with van der Waals surface area (Å²) < 4.78 is 5.34. The minimum absolute atomic E-state index is 0.0231. The van der Waals surface area contributed by atoms with E-state index in [-0.39, 0.29) is 24.3 Å². The first-order valence-electron chi connectivity index (χ1n) is 10.9. The third-order valence-corrected chi connectivity index (χ3v) is 5.63. The molecule has 0 spiro atoms. The minimum Gasteiger partial charge on any atom is -0.497 e. The van der Waals surface area contributed by atoms with Crippen LogP contribution in [0.5, 0.6) is 5.75 Å². The predicted molar refractivity (Wildman–Crippen MR) is 127 cm³/mol. The fraction of sp³-hybridized carbons (Fsp3) is 0.259. The van der Waals surface area contributed by atoms with Crippen LogP contribution in [0.15, 0.2) is 84.9 Å². The lowest BCUT2D eigenvalue weighted by molar-refractivity contribution is -0.133. The number of carbonyl (C=O) groups excluding carboxylic acids is 2. The van der Waals surface area contributed by atoms with Crippen LogP contribution in [0, 0.1) is 0 Å². The van der Waals surface area contributed by atoms with Crippen LogP contribution < -0.4 is 10.1 Å². The maximum Gasteiger partial charge on any atom is 0.251 e. The Hall–Kier alpha value is -3.60. The molecule has 32 heavy (non-hydrogen) atoms. The normalized spacial score (nSPS) is 12.5. The van der Waals surface area contributed by atoms with E-state index in [0.717, 1.165) is 16.9 Å². The molecule has 0 aliphatic rings. The van der Waals surface area contributed by atoms with Gasteiger partial charge in [-0.1, -0.05) is 60.7 Å². The number of nitrogens with zero attached hydrogens (tertiary/aromatic N) is 1. The van der Waals surface area contributed by atoms with Crippen LogP contribution in [0.25, 0.3) is 0 Å². The number of rotatable bonds is 9. The summed E-state index contributed by atoms with van der Waals surface area (Å²) >= 11 is 0. The molecule has 3 aromatic rings. The van der Waals surface area contributed by atoms with E-state index in [1.165, 1.54) is 0 Å². The van der Waals surface area contributed by atoms with Gasteiger partial charge in [-0.25, -0.2) is 0 Å². The van der Waals surface area contributed by atoms with Crippen molar-refractivity contribution in [2.24, 2.45) is 0 Å². The number of methoxy groups -OCH3 is 1. The fourth-order valence-electron chi connectivity index (χ4n) is 3.81. The van der Waals surface area contributed by atoms with Crippen LogP contribution in [-0.4, -0.2) is 30.4 Å². The molecule has 0 aromatic heterocycles. The van der Waals surface area contributed by atoms with Gasteiger partial charge >= 0.3 is 0 Å². The number of ether oxygens (including phenoxy) is 1. The Kier molecular flexibility index (Phi) is 8.03. The van der Waals surface area contributed by atoms with Crippen molar-refractivity contribution < 1.29 is 14.3 Å². The zero-order valence-corrected chi connectivity index (χ0v) is 18.8. The van der Waals surface area contributed by atoms with Crippen LogP contribution in [0.2, 0.25) is 0 Å². The lowest BCUT2D eigenvalue weighted by Crippen LogP contribution is -2.37. The Bertz CT molecular complexity index is 1020. The lowest BCUT2D eigenvalue weighted by atomic mass is 10.0. The van der Waals surface area contributed by atoms with E-state index in [4.69, 9.17) is 4.74 Å². The van der Waals surface area contributed by atoms with Gasteiger partial charge in [-0.3, -0.25) is 9.59 Å². The number of hydrogen-bond donors (Lipinski definition) is 1. The van der Waals surface area contributed by atoms with Gasteiger partial charge in [-0.15, -0.1) is 0 Å². The molecule has 0 bridgehead atoms. The Morgan fingerprint density at radius 3 is 2.16 bits per heavy atom. The maximum absolute atomic E-state index is 13.4. The molecular formula is C27H30N2O3. The highest BCUT2D eigenvalue weighted by Gasteiger charge is 2.25. The first kappa shape index (κ1) is 23.1. The number of amides is 2. The SMILES string of the molecule is CCN(C(=O)CC(NC(=O)c1ccccc1)c1ccccc1)C(C)c1cccc(OC)c1. The molecule has 0 saturated carbocycles. The van der Waals surface area contributed by atoms with Gasteiger partial charge in [0.15, 0.2) is 0 Å². The number of nitrogens with one attached hydrogen (secondary N) is 1. The van der Waals surface area contributed by atoms with Crippen LogP contribution in [0.1, 0.15) is 53.8 Å². The Labute approximate surface area is 190 Å². The molecule has 3 aromatic carbocycles. The van der Waals surface area contributed by atoms with Crippen molar-refractivity contribution in [2.75, 3.05) is 13.7 Å². The molecule has 0 fully saturated rings. The topological polar surface area (TPSA) is 58.6 Å². The van der Waals surface area contributed by atoms with E-state index < -0.39 is 6.04 Å². The van der Waals surface area contributed by atoms with Gasteiger partial charge < -0.3 is 15.0 Å². The van der Waals surface area contributed by atoms with E-state index in [1.54, 1.807) is 19.2 Å². The minimum atomic E-state index is -0.428. The van der Waals surface area contributed by atoms with Gasteiger partial charge in [0, 0.05) is 12.1 Å². The van der Waals surface area contributed by atoms with Gasteiger partial charge in [0.05, 0.1) is 25.6 Å². The van der Waals surface area contributed by atoms with E-state index >= 15 is 0 Å². The molecule has 2 amide bonds. The molecule has 1 N–H and O–H groups in total. The van der Waals surface area contributed by atoms with Crippen LogP contribution in [0.3, 0.4) is 0 Å². The summed E-state index contributed by atoms with van der Waals surface area (Å²) in [5.74, 6) is 0.538. The second-order valence-corrected chi connectivity index (χ2v) is 7.64. The molecule has 2 atom stereocenters. The van der Waals surface area contributed by atoms with E-state index in [2.05, 4.69) is 5.32 Å². The summed E-state index contributed by atoms with van der Waals surface area (Å²) in [7, 11) is 1.63. The summed E-state index contributed by atoms with van der Waals surface area (Å²) in [4.78, 5) is 28.0. The van der Waals surface area contributed by atoms with Crippen molar-refractivity contribution in [1.82, 2.24) is 10.2 Å². The second kappa shape index (κ2) is 11.1. The number of hydrogen-bond acceptors (Lipinski definition) is 3. The van der Waals surface area contributed by atoms with Crippen LogP contribution >= 0.6 is 0 Å². The van der Waals surface area contributed by atoms with Gasteiger partial charge in [0.1, 0.15) is 5.75 Å². The highest BCUT2D eigenvalue weighted by Crippen LogP contribution is 2.26. The van der Waals surface area contributed by atoms with Gasteiger partial charge in [0.25, 0.3) is 5.91 Å². The van der Waals surface area contributed by atoms with Gasteiger partial charge in [-0.05, 0) is 49.2 Å². The summed E-state index contributed by atoms with van der Waals surface area (Å²) in [5, 5.41) is 3.05. The molecule has 3 rings (SSSR count). The fourth-order valence-corrected chi connectivity index (χ4v) is 3.81. The Morgan fingerprint density at radius 1 is 0.906 bits per heavy atom. The third-order valence-electron chi connectivity index (χ3n) is 5.63. The molecular weight excluding hydrogens is 400 g/mol. The van der Waals surface area contributed by atoms with Crippen LogP contribution in [0.4, 0.5) is 0 Å². The average molecular weight is 431 g/mol. The molecule has 0 saturated heterocycles. The zero-order chi connectivity index (χ0) is 22.9. The molecule has 166 valence electrons. The van der Waals surface area contributed by atoms with Crippen molar-refractivity contribution >= 4 is 11.8 Å². The van der Waals surface area contributed by atoms with Crippen molar-refractivity contribution in [1.29, 1.82) is 0 Å². The van der Waals surface area contributed by atoms with E-state index in [0.29, 0.717) is 12.1 Å². The van der Waals surface area contributed by atoms with Crippen molar-refractivity contribution in [3.63, 3.8) is 0 Å². The Balaban J connectivity index is 1.80. The summed E-state index contributed by atoms with van der Waals surface area (Å²) in [6.07, 6.45) is 0.171. The predicted octanol–water partition coefficient (Wildman–Crippen LogP) is 5.17. The maximum atomic E-state index is 13.4. The zero-order valence-electron chi connectivity index (χ0n) is 18.8. The Morgan fingerprint density at radius 2 is 1.53 bits per heavy atom. The standard InChI is InChI=1S/C27H30N2O3/c1-4-29(20(2)23-16-11-17-24(18-23)32-3)26(30)19-25(21-12-7-5-8-13-21)28-27(31)22-14-9-6-10-15-22/h5-18,20,25H,4,19H2,1-3H3,(H,28,31). The smallest absolute Gasteiger partial charge is 0.251 e. The largest absolute Gasteiger partial charge is 0.497 e. The summed E-state index contributed by atoms with van der Waals surface area (Å²) in [6, 6.07) is 25.9. The van der Waals surface area contributed by atoms with E-state index in [1.807, 2.05) is 91.5 Å². The van der Waals surface area contributed by atoms with Gasteiger partial charge in [0.2, 0.25) is 5.91 Å². The summed E-state index contributed by atoms with van der Waals surface area (Å²) in [5.41, 5.74) is 2.47. The molecule has 2 unspecified atom stereocenters. The monoisotopic (exact) mass is 430 g/mol. The first-order chi connectivity index (χ1) is 15.5. The van der Waals surface area contributed by atoms with Crippen molar-refractivity contribution in [3.05, 3.63) is 102 Å². The third kappa shape index (κ3) is 5.76. The second-order valence-electron chi connectivity index (χ2n) is 7.64. The highest BCUT2D eigenvalue weighted by molar-refractivity contribution is 5.94. The highest BCUT2D eigenvalue weighted by atomic mass is 16.5. The molecule has 0 heterocycles. The molecule has 0 aliphatic heterocycles. The molecule has 5 heteroatoms. The van der Waals surface area contributed by atoms with E-state index in [9.17, 15) is 9.59 Å². The molecule has 0 radical (unpaired) electrons. The quantitative estimate of drug-likeness (QED) is 0.510. The lowest BCUT2D eigenvalue weighted by Gasteiger charge is -2.30. The average Bonchev–Trinajstić information content (AvgIpc) is 2.85. The summed E-state index contributed by atoms with van der Waals surface area (Å²) in [6.45, 7) is 4.54. The molecule has 0 aliphatic carbocycles. The number of carbonyl (C=O) groups is 2. The van der Waals surface area contributed by atoms with Crippen molar-refractivity contribution in [2.45, 2.75) is 32.4 Å². The first-order valence-corrected chi connectivity index (χ1v) is 10.9. The van der Waals surface area contributed by atoms with Gasteiger partial charge in [-0.2, -0.15) is 0 Å².